The van der Waals surface area contributed by atoms with Gasteiger partial charge in [0.25, 0.3) is 0 Å². The van der Waals surface area contributed by atoms with Crippen LogP contribution >= 0.6 is 0 Å². The molecular formula is C26H21F2N3O3. The number of nitrogens with zero attached hydrogens (tertiary/aromatic N) is 3. The topological polar surface area (TPSA) is 68.5 Å². The minimum absolute atomic E-state index is 0.0712. The Morgan fingerprint density at radius 1 is 1.03 bits per heavy atom. The van der Waals surface area contributed by atoms with Crippen LogP contribution in [0, 0.1) is 11.6 Å². The first-order valence-electron chi connectivity index (χ1n) is 10.9. The van der Waals surface area contributed by atoms with E-state index < -0.39 is 17.7 Å². The summed E-state index contributed by atoms with van der Waals surface area (Å²) in [5, 5.41) is 4.05. The van der Waals surface area contributed by atoms with Crippen LogP contribution < -0.4 is 4.74 Å². The number of rotatable bonds is 7. The van der Waals surface area contributed by atoms with E-state index in [1.807, 2.05) is 54.6 Å². The van der Waals surface area contributed by atoms with Crippen LogP contribution in [0.4, 0.5) is 8.78 Å². The molecule has 0 aliphatic carbocycles. The molecule has 0 N–H and O–H groups in total. The highest BCUT2D eigenvalue weighted by atomic mass is 19.1. The number of benzene rings is 3. The Labute approximate surface area is 194 Å². The van der Waals surface area contributed by atoms with Crippen LogP contribution in [0.3, 0.4) is 0 Å². The summed E-state index contributed by atoms with van der Waals surface area (Å²) in [6.07, 6.45) is 0.733. The second kappa shape index (κ2) is 9.43. The third-order valence-electron chi connectivity index (χ3n) is 5.76. The first-order chi connectivity index (χ1) is 16.6. The number of hydrogen-bond donors (Lipinski definition) is 0. The van der Waals surface area contributed by atoms with Crippen LogP contribution in [0.15, 0.2) is 77.3 Å². The van der Waals surface area contributed by atoms with Crippen molar-refractivity contribution in [3.05, 3.63) is 101 Å². The summed E-state index contributed by atoms with van der Waals surface area (Å²) < 4.78 is 39.0. The fourth-order valence-electron chi connectivity index (χ4n) is 3.97. The molecule has 1 atom stereocenters. The van der Waals surface area contributed by atoms with Crippen molar-refractivity contribution in [1.29, 1.82) is 0 Å². The van der Waals surface area contributed by atoms with Gasteiger partial charge in [0.1, 0.15) is 30.0 Å². The van der Waals surface area contributed by atoms with Crippen molar-refractivity contribution in [2.45, 2.75) is 32.0 Å². The van der Waals surface area contributed by atoms with E-state index in [0.29, 0.717) is 24.6 Å². The lowest BCUT2D eigenvalue weighted by Gasteiger charge is -2.22. The number of amides is 1. The highest BCUT2D eigenvalue weighted by Gasteiger charge is 2.36. The van der Waals surface area contributed by atoms with E-state index in [9.17, 15) is 13.6 Å². The zero-order valence-electron chi connectivity index (χ0n) is 18.2. The number of likely N-dealkylation sites (tertiary alicyclic amines) is 1. The van der Waals surface area contributed by atoms with Gasteiger partial charge in [-0.05, 0) is 54.4 Å². The van der Waals surface area contributed by atoms with Crippen LogP contribution in [0.1, 0.15) is 35.9 Å². The van der Waals surface area contributed by atoms with E-state index in [2.05, 4.69) is 10.1 Å². The first kappa shape index (κ1) is 21.8. The van der Waals surface area contributed by atoms with Crippen LogP contribution in [0.2, 0.25) is 0 Å². The second-order valence-corrected chi connectivity index (χ2v) is 8.07. The standard InChI is InChI=1S/C26H21F2N3O3/c27-20-8-11-22(28)19(14-20)15-31-23(12-13-24(31)32)26-29-25(30-34-26)18-6-9-21(10-7-18)33-16-17-4-2-1-3-5-17/h1-11,14,23H,12-13,15-16H2. The number of ether oxygens (including phenoxy) is 1. The summed E-state index contributed by atoms with van der Waals surface area (Å²) in [7, 11) is 0. The molecule has 172 valence electrons. The van der Waals surface area contributed by atoms with Crippen molar-refractivity contribution >= 4 is 5.91 Å². The molecule has 4 aromatic rings. The van der Waals surface area contributed by atoms with Crippen molar-refractivity contribution in [3.8, 4) is 17.1 Å². The average Bonchev–Trinajstić information content (AvgIpc) is 3.48. The Morgan fingerprint density at radius 2 is 1.82 bits per heavy atom. The molecule has 1 amide bonds. The molecule has 0 bridgehead atoms. The average molecular weight is 461 g/mol. The van der Waals surface area contributed by atoms with Crippen LogP contribution in [0.25, 0.3) is 11.4 Å². The molecule has 0 radical (unpaired) electrons. The van der Waals surface area contributed by atoms with E-state index in [-0.39, 0.29) is 30.3 Å². The molecule has 34 heavy (non-hydrogen) atoms. The van der Waals surface area contributed by atoms with E-state index in [4.69, 9.17) is 9.26 Å². The Bertz CT molecular complexity index is 1290. The lowest BCUT2D eigenvalue weighted by atomic mass is 10.1. The van der Waals surface area contributed by atoms with E-state index in [1.165, 1.54) is 4.90 Å². The van der Waals surface area contributed by atoms with Gasteiger partial charge in [0.2, 0.25) is 17.6 Å². The van der Waals surface area contributed by atoms with Gasteiger partial charge >= 0.3 is 0 Å². The monoisotopic (exact) mass is 461 g/mol. The van der Waals surface area contributed by atoms with Crippen LogP contribution in [-0.4, -0.2) is 20.9 Å². The summed E-state index contributed by atoms with van der Waals surface area (Å²) in [5.41, 5.74) is 1.91. The van der Waals surface area contributed by atoms with Gasteiger partial charge in [0.15, 0.2) is 0 Å². The number of hydrogen-bond acceptors (Lipinski definition) is 5. The summed E-state index contributed by atoms with van der Waals surface area (Å²) in [6.45, 7) is 0.391. The van der Waals surface area contributed by atoms with Gasteiger partial charge in [-0.3, -0.25) is 4.79 Å². The fourth-order valence-corrected chi connectivity index (χ4v) is 3.97. The summed E-state index contributed by atoms with van der Waals surface area (Å²) in [4.78, 5) is 18.4. The molecule has 1 aromatic heterocycles. The predicted molar refractivity (Wildman–Crippen MR) is 119 cm³/mol. The maximum Gasteiger partial charge on any atom is 0.249 e. The molecule has 3 aromatic carbocycles. The number of carbonyl (C=O) groups excluding carboxylic acids is 1. The molecule has 1 aliphatic rings. The largest absolute Gasteiger partial charge is 0.489 e. The number of aromatic nitrogens is 2. The van der Waals surface area contributed by atoms with Gasteiger partial charge in [-0.25, -0.2) is 8.78 Å². The predicted octanol–water partition coefficient (Wildman–Crippen LogP) is 5.46. The molecule has 1 saturated heterocycles. The molecule has 0 spiro atoms. The van der Waals surface area contributed by atoms with Gasteiger partial charge in [-0.1, -0.05) is 35.5 Å². The zero-order valence-corrected chi connectivity index (χ0v) is 18.2. The maximum absolute atomic E-state index is 14.1. The first-order valence-corrected chi connectivity index (χ1v) is 10.9. The van der Waals surface area contributed by atoms with Crippen molar-refractivity contribution in [1.82, 2.24) is 15.0 Å². The molecule has 1 fully saturated rings. The fraction of sp³-hybridized carbons (Fsp3) is 0.192. The molecular weight excluding hydrogens is 440 g/mol. The minimum atomic E-state index is -0.569. The highest BCUT2D eigenvalue weighted by molar-refractivity contribution is 5.78. The quantitative estimate of drug-likeness (QED) is 0.366. The molecule has 5 rings (SSSR count). The second-order valence-electron chi connectivity index (χ2n) is 8.07. The van der Waals surface area contributed by atoms with Crippen molar-refractivity contribution in [3.63, 3.8) is 0 Å². The maximum atomic E-state index is 14.1. The third kappa shape index (κ3) is 4.66. The lowest BCUT2D eigenvalue weighted by molar-refractivity contribution is -0.130. The van der Waals surface area contributed by atoms with Gasteiger partial charge in [-0.2, -0.15) is 4.98 Å². The molecule has 6 nitrogen and oxygen atoms in total. The number of halogens is 2. The van der Waals surface area contributed by atoms with E-state index in [0.717, 1.165) is 29.3 Å². The Hall–Kier alpha value is -4.07. The summed E-state index contributed by atoms with van der Waals surface area (Å²) in [5.74, 6) is 0.0498. The van der Waals surface area contributed by atoms with Crippen molar-refractivity contribution in [2.75, 3.05) is 0 Å². The number of carbonyl (C=O) groups is 1. The van der Waals surface area contributed by atoms with Gasteiger partial charge in [0.05, 0.1) is 0 Å². The summed E-state index contributed by atoms with van der Waals surface area (Å²) >= 11 is 0. The highest BCUT2D eigenvalue weighted by Crippen LogP contribution is 2.34. The normalized spacial score (nSPS) is 15.6. The SMILES string of the molecule is O=C1CCC(c2nc(-c3ccc(OCc4ccccc4)cc3)no2)N1Cc1cc(F)ccc1F. The third-order valence-corrected chi connectivity index (χ3v) is 5.76. The van der Waals surface area contributed by atoms with E-state index >= 15 is 0 Å². The van der Waals surface area contributed by atoms with Gasteiger partial charge in [0, 0.05) is 24.1 Å². The minimum Gasteiger partial charge on any atom is -0.489 e. The molecule has 2 heterocycles. The molecule has 0 saturated carbocycles. The van der Waals surface area contributed by atoms with E-state index in [1.54, 1.807) is 0 Å². The van der Waals surface area contributed by atoms with Crippen molar-refractivity contribution in [2.24, 2.45) is 0 Å². The lowest BCUT2D eigenvalue weighted by Crippen LogP contribution is -2.27. The van der Waals surface area contributed by atoms with Gasteiger partial charge in [-0.15, -0.1) is 0 Å². The Balaban J connectivity index is 1.29. The van der Waals surface area contributed by atoms with Crippen molar-refractivity contribution < 1.29 is 22.8 Å². The Kier molecular flexibility index (Phi) is 6.03. The molecule has 8 heteroatoms. The zero-order chi connectivity index (χ0) is 23.5. The van der Waals surface area contributed by atoms with Crippen LogP contribution in [0.5, 0.6) is 5.75 Å². The van der Waals surface area contributed by atoms with Crippen LogP contribution in [-0.2, 0) is 17.9 Å². The smallest absolute Gasteiger partial charge is 0.249 e. The molecule has 1 unspecified atom stereocenters. The van der Waals surface area contributed by atoms with Gasteiger partial charge < -0.3 is 14.2 Å². The molecule has 1 aliphatic heterocycles. The summed E-state index contributed by atoms with van der Waals surface area (Å²) in [6, 6.07) is 19.9. The Morgan fingerprint density at radius 3 is 2.62 bits per heavy atom.